The standard InChI is InChI=1S/C8H15NO2/c1-5(2)7-3-6(4-10)9-8(7)11/h5-7,10H,3-4H2,1-2H3,(H,9,11)/t6-,7-/m0/s1. The van der Waals surface area contributed by atoms with Crippen LogP contribution in [0.4, 0.5) is 0 Å². The van der Waals surface area contributed by atoms with Gasteiger partial charge in [-0.2, -0.15) is 0 Å². The summed E-state index contributed by atoms with van der Waals surface area (Å²) in [6, 6.07) is -0.00472. The van der Waals surface area contributed by atoms with Crippen molar-refractivity contribution in [1.29, 1.82) is 0 Å². The summed E-state index contributed by atoms with van der Waals surface area (Å²) in [5.41, 5.74) is 0. The van der Waals surface area contributed by atoms with E-state index < -0.39 is 0 Å². The second-order valence-electron chi connectivity index (χ2n) is 3.47. The predicted octanol–water partition coefficient (Wildman–Crippen LogP) is 0.139. The Hall–Kier alpha value is -0.570. The van der Waals surface area contributed by atoms with Gasteiger partial charge in [0.15, 0.2) is 0 Å². The van der Waals surface area contributed by atoms with E-state index in [1.165, 1.54) is 0 Å². The second kappa shape index (κ2) is 3.22. The normalized spacial score (nSPS) is 31.1. The van der Waals surface area contributed by atoms with Crippen molar-refractivity contribution in [3.63, 3.8) is 0 Å². The van der Waals surface area contributed by atoms with E-state index in [-0.39, 0.29) is 24.5 Å². The average molecular weight is 157 g/mol. The van der Waals surface area contributed by atoms with Gasteiger partial charge in [-0.15, -0.1) is 0 Å². The Kier molecular flexibility index (Phi) is 2.49. The van der Waals surface area contributed by atoms with Gasteiger partial charge in [0.1, 0.15) is 0 Å². The van der Waals surface area contributed by atoms with Crippen molar-refractivity contribution in [2.75, 3.05) is 6.61 Å². The highest BCUT2D eigenvalue weighted by molar-refractivity contribution is 5.81. The third-order valence-corrected chi connectivity index (χ3v) is 2.25. The fourth-order valence-electron chi connectivity index (χ4n) is 1.48. The minimum absolute atomic E-state index is 0.00472. The molecule has 0 aromatic carbocycles. The summed E-state index contributed by atoms with van der Waals surface area (Å²) < 4.78 is 0. The topological polar surface area (TPSA) is 49.3 Å². The molecule has 0 spiro atoms. The van der Waals surface area contributed by atoms with E-state index in [1.54, 1.807) is 0 Å². The first kappa shape index (κ1) is 8.53. The maximum atomic E-state index is 11.2. The minimum atomic E-state index is -0.00472. The zero-order valence-electron chi connectivity index (χ0n) is 7.00. The van der Waals surface area contributed by atoms with Gasteiger partial charge in [0.25, 0.3) is 0 Å². The fourth-order valence-corrected chi connectivity index (χ4v) is 1.48. The van der Waals surface area contributed by atoms with Crippen molar-refractivity contribution in [3.05, 3.63) is 0 Å². The molecule has 1 aliphatic heterocycles. The molecular formula is C8H15NO2. The van der Waals surface area contributed by atoms with Crippen molar-refractivity contribution < 1.29 is 9.90 Å². The van der Waals surface area contributed by atoms with Crippen molar-refractivity contribution in [2.45, 2.75) is 26.3 Å². The first-order valence-corrected chi connectivity index (χ1v) is 4.06. The number of nitrogens with one attached hydrogen (secondary N) is 1. The van der Waals surface area contributed by atoms with E-state index in [4.69, 9.17) is 5.11 Å². The van der Waals surface area contributed by atoms with Crippen molar-refractivity contribution in [3.8, 4) is 0 Å². The van der Waals surface area contributed by atoms with E-state index in [0.717, 1.165) is 6.42 Å². The molecule has 11 heavy (non-hydrogen) atoms. The van der Waals surface area contributed by atoms with E-state index in [9.17, 15) is 4.79 Å². The van der Waals surface area contributed by atoms with Crippen LogP contribution in [-0.4, -0.2) is 23.7 Å². The molecule has 1 aliphatic rings. The molecule has 0 aromatic rings. The molecule has 0 aliphatic carbocycles. The van der Waals surface area contributed by atoms with E-state index in [2.05, 4.69) is 5.32 Å². The molecule has 2 atom stereocenters. The third-order valence-electron chi connectivity index (χ3n) is 2.25. The lowest BCUT2D eigenvalue weighted by Gasteiger charge is -2.09. The van der Waals surface area contributed by atoms with Crippen LogP contribution in [0.1, 0.15) is 20.3 Å². The fraction of sp³-hybridized carbons (Fsp3) is 0.875. The van der Waals surface area contributed by atoms with Crippen LogP contribution >= 0.6 is 0 Å². The smallest absolute Gasteiger partial charge is 0.223 e. The minimum Gasteiger partial charge on any atom is -0.394 e. The Bertz CT molecular complexity index is 156. The molecule has 3 heteroatoms. The lowest BCUT2D eigenvalue weighted by molar-refractivity contribution is -0.123. The van der Waals surface area contributed by atoms with Crippen LogP contribution in [0.25, 0.3) is 0 Å². The molecule has 1 rings (SSSR count). The first-order chi connectivity index (χ1) is 5.15. The second-order valence-corrected chi connectivity index (χ2v) is 3.47. The monoisotopic (exact) mass is 157 g/mol. The number of amides is 1. The molecule has 3 nitrogen and oxygen atoms in total. The van der Waals surface area contributed by atoms with E-state index >= 15 is 0 Å². The summed E-state index contributed by atoms with van der Waals surface area (Å²) in [7, 11) is 0. The highest BCUT2D eigenvalue weighted by Gasteiger charge is 2.33. The maximum absolute atomic E-state index is 11.2. The number of carbonyl (C=O) groups is 1. The van der Waals surface area contributed by atoms with Crippen LogP contribution in [0.2, 0.25) is 0 Å². The predicted molar refractivity (Wildman–Crippen MR) is 42.0 cm³/mol. The van der Waals surface area contributed by atoms with Gasteiger partial charge < -0.3 is 10.4 Å². The molecule has 1 saturated heterocycles. The average Bonchev–Trinajstić information content (AvgIpc) is 2.30. The lowest BCUT2D eigenvalue weighted by atomic mass is 9.93. The molecule has 0 unspecified atom stereocenters. The van der Waals surface area contributed by atoms with Gasteiger partial charge in [0, 0.05) is 5.92 Å². The number of aliphatic hydroxyl groups excluding tert-OH is 1. The van der Waals surface area contributed by atoms with Crippen LogP contribution in [-0.2, 0) is 4.79 Å². The quantitative estimate of drug-likeness (QED) is 0.599. The van der Waals surface area contributed by atoms with Crippen LogP contribution < -0.4 is 5.32 Å². The van der Waals surface area contributed by atoms with Gasteiger partial charge in [-0.05, 0) is 12.3 Å². The zero-order chi connectivity index (χ0) is 8.43. The van der Waals surface area contributed by atoms with Gasteiger partial charge in [0.05, 0.1) is 12.6 Å². The summed E-state index contributed by atoms with van der Waals surface area (Å²) in [6.07, 6.45) is 0.785. The molecule has 0 aromatic heterocycles. The Morgan fingerprint density at radius 3 is 2.64 bits per heavy atom. The highest BCUT2D eigenvalue weighted by Crippen LogP contribution is 2.22. The Morgan fingerprint density at radius 2 is 2.36 bits per heavy atom. The third kappa shape index (κ3) is 1.71. The number of hydrogen-bond acceptors (Lipinski definition) is 2. The Morgan fingerprint density at radius 1 is 1.73 bits per heavy atom. The maximum Gasteiger partial charge on any atom is 0.223 e. The molecule has 0 radical (unpaired) electrons. The number of aliphatic hydroxyl groups is 1. The molecule has 64 valence electrons. The number of rotatable bonds is 2. The molecule has 1 heterocycles. The summed E-state index contributed by atoms with van der Waals surface area (Å²) in [5, 5.41) is 11.5. The Balaban J connectivity index is 2.52. The van der Waals surface area contributed by atoms with E-state index in [1.807, 2.05) is 13.8 Å². The number of hydrogen-bond donors (Lipinski definition) is 2. The molecule has 1 fully saturated rings. The first-order valence-electron chi connectivity index (χ1n) is 4.06. The largest absolute Gasteiger partial charge is 0.394 e. The van der Waals surface area contributed by atoms with Crippen LogP contribution in [0.15, 0.2) is 0 Å². The number of carbonyl (C=O) groups excluding carboxylic acids is 1. The Labute approximate surface area is 66.8 Å². The molecular weight excluding hydrogens is 142 g/mol. The van der Waals surface area contributed by atoms with Crippen molar-refractivity contribution in [2.24, 2.45) is 11.8 Å². The van der Waals surface area contributed by atoms with Gasteiger partial charge in [0.2, 0.25) is 5.91 Å². The van der Waals surface area contributed by atoms with Crippen LogP contribution in [0.5, 0.6) is 0 Å². The summed E-state index contributed by atoms with van der Waals surface area (Å²) >= 11 is 0. The van der Waals surface area contributed by atoms with Gasteiger partial charge >= 0.3 is 0 Å². The molecule has 0 saturated carbocycles. The molecule has 1 amide bonds. The van der Waals surface area contributed by atoms with Crippen LogP contribution in [0, 0.1) is 11.8 Å². The molecule has 0 bridgehead atoms. The van der Waals surface area contributed by atoms with Gasteiger partial charge in [-0.25, -0.2) is 0 Å². The van der Waals surface area contributed by atoms with Crippen molar-refractivity contribution >= 4 is 5.91 Å². The highest BCUT2D eigenvalue weighted by atomic mass is 16.3. The van der Waals surface area contributed by atoms with Gasteiger partial charge in [-0.3, -0.25) is 4.79 Å². The summed E-state index contributed by atoms with van der Waals surface area (Å²) in [6.45, 7) is 4.13. The SMILES string of the molecule is CC(C)[C@@H]1C[C@@H](CO)NC1=O. The summed E-state index contributed by atoms with van der Waals surface area (Å²) in [5.74, 6) is 0.581. The van der Waals surface area contributed by atoms with E-state index in [0.29, 0.717) is 5.92 Å². The summed E-state index contributed by atoms with van der Waals surface area (Å²) in [4.78, 5) is 11.2. The lowest BCUT2D eigenvalue weighted by Crippen LogP contribution is -2.29. The molecule has 2 N–H and O–H groups in total. The zero-order valence-corrected chi connectivity index (χ0v) is 7.00. The van der Waals surface area contributed by atoms with Crippen molar-refractivity contribution in [1.82, 2.24) is 5.32 Å². The van der Waals surface area contributed by atoms with Crippen LogP contribution in [0.3, 0.4) is 0 Å². The van der Waals surface area contributed by atoms with Gasteiger partial charge in [-0.1, -0.05) is 13.8 Å².